The zero-order chi connectivity index (χ0) is 7.44. The van der Waals surface area contributed by atoms with Gasteiger partial charge < -0.3 is 9.84 Å². The molecular formula is C5H9ClO3. The normalized spacial score (nSPS) is 16.4. The standard InChI is InChI=1S/C5H9ClO3/c1-3(6)4(7)5(8)9-2/h3-4,7H,1-2H3. The first-order valence-corrected chi connectivity index (χ1v) is 2.93. The molecule has 0 spiro atoms. The largest absolute Gasteiger partial charge is 0.467 e. The average Bonchev–Trinajstić information content (AvgIpc) is 1.84. The molecule has 0 aromatic heterocycles. The van der Waals surface area contributed by atoms with Gasteiger partial charge in [0.2, 0.25) is 0 Å². The Balaban J connectivity index is 3.72. The molecule has 2 atom stereocenters. The summed E-state index contributed by atoms with van der Waals surface area (Å²) < 4.78 is 4.20. The average molecular weight is 153 g/mol. The Bertz CT molecular complexity index is 102. The Kier molecular flexibility index (Phi) is 3.58. The Hall–Kier alpha value is -0.280. The van der Waals surface area contributed by atoms with Gasteiger partial charge in [-0.15, -0.1) is 11.6 Å². The second-order valence-electron chi connectivity index (χ2n) is 1.65. The van der Waals surface area contributed by atoms with Gasteiger partial charge in [-0.25, -0.2) is 4.79 Å². The number of esters is 1. The third-order valence-corrected chi connectivity index (χ3v) is 1.12. The molecule has 54 valence electrons. The lowest BCUT2D eigenvalue weighted by molar-refractivity contribution is -0.150. The Morgan fingerprint density at radius 3 is 2.33 bits per heavy atom. The van der Waals surface area contributed by atoms with Crippen molar-refractivity contribution in [2.24, 2.45) is 0 Å². The topological polar surface area (TPSA) is 46.5 Å². The van der Waals surface area contributed by atoms with Gasteiger partial charge in [0, 0.05) is 0 Å². The van der Waals surface area contributed by atoms with Crippen molar-refractivity contribution in [1.29, 1.82) is 0 Å². The number of halogens is 1. The van der Waals surface area contributed by atoms with E-state index >= 15 is 0 Å². The summed E-state index contributed by atoms with van der Waals surface area (Å²) in [6.45, 7) is 1.52. The van der Waals surface area contributed by atoms with E-state index in [-0.39, 0.29) is 0 Å². The number of rotatable bonds is 2. The van der Waals surface area contributed by atoms with Crippen molar-refractivity contribution in [3.63, 3.8) is 0 Å². The molecule has 0 aromatic rings. The van der Waals surface area contributed by atoms with Gasteiger partial charge in [0.05, 0.1) is 12.5 Å². The predicted octanol–water partition coefficient (Wildman–Crippen LogP) is 0.148. The summed E-state index contributed by atoms with van der Waals surface area (Å²) in [5, 5.41) is 8.19. The van der Waals surface area contributed by atoms with Crippen molar-refractivity contribution in [3.8, 4) is 0 Å². The molecule has 0 bridgehead atoms. The van der Waals surface area contributed by atoms with E-state index in [0.29, 0.717) is 0 Å². The van der Waals surface area contributed by atoms with Gasteiger partial charge >= 0.3 is 5.97 Å². The van der Waals surface area contributed by atoms with Crippen LogP contribution < -0.4 is 0 Å². The number of carbonyl (C=O) groups is 1. The number of ether oxygens (including phenoxy) is 1. The highest BCUT2D eigenvalue weighted by Crippen LogP contribution is 2.01. The van der Waals surface area contributed by atoms with Gasteiger partial charge in [0.1, 0.15) is 0 Å². The fraction of sp³-hybridized carbons (Fsp3) is 0.800. The van der Waals surface area contributed by atoms with Gasteiger partial charge in [-0.3, -0.25) is 0 Å². The molecule has 0 aliphatic carbocycles. The minimum atomic E-state index is -1.21. The molecule has 4 heteroatoms. The monoisotopic (exact) mass is 152 g/mol. The van der Waals surface area contributed by atoms with E-state index in [1.807, 2.05) is 0 Å². The lowest BCUT2D eigenvalue weighted by Crippen LogP contribution is -2.29. The van der Waals surface area contributed by atoms with Gasteiger partial charge in [0.25, 0.3) is 0 Å². The fourth-order valence-corrected chi connectivity index (χ4v) is 0.411. The van der Waals surface area contributed by atoms with Crippen molar-refractivity contribution in [2.75, 3.05) is 7.11 Å². The minimum Gasteiger partial charge on any atom is -0.467 e. The second kappa shape index (κ2) is 3.69. The summed E-state index contributed by atoms with van der Waals surface area (Å²) in [6, 6.07) is 0. The van der Waals surface area contributed by atoms with E-state index in [0.717, 1.165) is 0 Å². The molecule has 0 heterocycles. The molecule has 0 aliphatic heterocycles. The highest BCUT2D eigenvalue weighted by atomic mass is 35.5. The van der Waals surface area contributed by atoms with Crippen LogP contribution in [0.2, 0.25) is 0 Å². The van der Waals surface area contributed by atoms with Crippen LogP contribution in [0.3, 0.4) is 0 Å². The number of hydrogen-bond donors (Lipinski definition) is 1. The molecule has 0 aliphatic rings. The van der Waals surface area contributed by atoms with E-state index in [1.54, 1.807) is 0 Å². The van der Waals surface area contributed by atoms with Crippen molar-refractivity contribution >= 4 is 17.6 Å². The van der Waals surface area contributed by atoms with Crippen LogP contribution in [-0.2, 0) is 9.53 Å². The van der Waals surface area contributed by atoms with Gasteiger partial charge in [0.15, 0.2) is 6.10 Å². The minimum absolute atomic E-state index is 0.600. The first-order chi connectivity index (χ1) is 4.09. The number of carbonyl (C=O) groups excluding carboxylic acids is 1. The van der Waals surface area contributed by atoms with Gasteiger partial charge in [-0.05, 0) is 6.92 Å². The Morgan fingerprint density at radius 2 is 2.22 bits per heavy atom. The number of methoxy groups -OCH3 is 1. The van der Waals surface area contributed by atoms with E-state index < -0.39 is 17.5 Å². The maximum atomic E-state index is 10.4. The van der Waals surface area contributed by atoms with E-state index in [4.69, 9.17) is 16.7 Å². The van der Waals surface area contributed by atoms with Crippen LogP contribution in [0.1, 0.15) is 6.92 Å². The summed E-state index contributed by atoms with van der Waals surface area (Å²) >= 11 is 5.35. The molecule has 2 unspecified atom stereocenters. The highest BCUT2D eigenvalue weighted by molar-refractivity contribution is 6.22. The summed E-state index contributed by atoms with van der Waals surface area (Å²) in [5.41, 5.74) is 0. The lowest BCUT2D eigenvalue weighted by Gasteiger charge is -2.08. The van der Waals surface area contributed by atoms with Crippen LogP contribution >= 0.6 is 11.6 Å². The molecule has 3 nitrogen and oxygen atoms in total. The van der Waals surface area contributed by atoms with Crippen molar-refractivity contribution < 1.29 is 14.6 Å². The molecule has 0 fully saturated rings. The Morgan fingerprint density at radius 1 is 1.78 bits per heavy atom. The summed E-state index contributed by atoms with van der Waals surface area (Å²) in [4.78, 5) is 10.4. The van der Waals surface area contributed by atoms with Crippen LogP contribution in [-0.4, -0.2) is 29.7 Å². The fourth-order valence-electron chi connectivity index (χ4n) is 0.308. The van der Waals surface area contributed by atoms with Crippen LogP contribution in [0, 0.1) is 0 Å². The summed E-state index contributed by atoms with van der Waals surface area (Å²) in [6.07, 6.45) is -1.21. The van der Waals surface area contributed by atoms with Crippen LogP contribution in [0.25, 0.3) is 0 Å². The van der Waals surface area contributed by atoms with Crippen LogP contribution in [0.5, 0.6) is 0 Å². The first kappa shape index (κ1) is 8.72. The molecule has 0 aromatic carbocycles. The van der Waals surface area contributed by atoms with E-state index in [2.05, 4.69) is 4.74 Å². The summed E-state index contributed by atoms with van der Waals surface area (Å²) in [5.74, 6) is -0.697. The highest BCUT2D eigenvalue weighted by Gasteiger charge is 2.20. The third kappa shape index (κ3) is 2.67. The van der Waals surface area contributed by atoms with Crippen molar-refractivity contribution in [3.05, 3.63) is 0 Å². The lowest BCUT2D eigenvalue weighted by atomic mass is 10.3. The van der Waals surface area contributed by atoms with Crippen LogP contribution in [0.15, 0.2) is 0 Å². The van der Waals surface area contributed by atoms with Gasteiger partial charge in [-0.1, -0.05) is 0 Å². The number of aliphatic hydroxyl groups is 1. The SMILES string of the molecule is COC(=O)C(O)C(C)Cl. The zero-order valence-electron chi connectivity index (χ0n) is 5.30. The molecule has 0 rings (SSSR count). The molecule has 0 amide bonds. The van der Waals surface area contributed by atoms with Crippen molar-refractivity contribution in [1.82, 2.24) is 0 Å². The maximum absolute atomic E-state index is 10.4. The molecule has 9 heavy (non-hydrogen) atoms. The number of aliphatic hydroxyl groups excluding tert-OH is 1. The van der Waals surface area contributed by atoms with Gasteiger partial charge in [-0.2, -0.15) is 0 Å². The molecule has 0 saturated heterocycles. The number of hydrogen-bond acceptors (Lipinski definition) is 3. The van der Waals surface area contributed by atoms with Crippen molar-refractivity contribution in [2.45, 2.75) is 18.4 Å². The Labute approximate surface area is 58.6 Å². The van der Waals surface area contributed by atoms with E-state index in [1.165, 1.54) is 14.0 Å². The third-order valence-electron chi connectivity index (χ3n) is 0.878. The van der Waals surface area contributed by atoms with Crippen LogP contribution in [0.4, 0.5) is 0 Å². The van der Waals surface area contributed by atoms with E-state index in [9.17, 15) is 4.79 Å². The predicted molar refractivity (Wildman–Crippen MR) is 33.3 cm³/mol. The first-order valence-electron chi connectivity index (χ1n) is 2.49. The molecule has 1 N–H and O–H groups in total. The molecular weight excluding hydrogens is 144 g/mol. The zero-order valence-corrected chi connectivity index (χ0v) is 6.05. The number of alkyl halides is 1. The molecule has 0 radical (unpaired) electrons. The molecule has 0 saturated carbocycles. The second-order valence-corrected chi connectivity index (χ2v) is 2.33. The maximum Gasteiger partial charge on any atom is 0.336 e. The quantitative estimate of drug-likeness (QED) is 0.453. The summed E-state index contributed by atoms with van der Waals surface area (Å²) in [7, 11) is 1.20. The smallest absolute Gasteiger partial charge is 0.336 e.